The fourth-order valence-corrected chi connectivity index (χ4v) is 3.51. The topological polar surface area (TPSA) is 76.5 Å². The van der Waals surface area contributed by atoms with Gasteiger partial charge in [0.25, 0.3) is 0 Å². The maximum Gasteiger partial charge on any atom is 0.164 e. The van der Waals surface area contributed by atoms with Crippen molar-refractivity contribution in [2.24, 2.45) is 0 Å². The lowest BCUT2D eigenvalue weighted by Crippen LogP contribution is -2.09. The van der Waals surface area contributed by atoms with Crippen LogP contribution in [0.15, 0.2) is 36.7 Å². The zero-order valence-electron chi connectivity index (χ0n) is 14.1. The predicted octanol–water partition coefficient (Wildman–Crippen LogP) is 3.45. The Morgan fingerprint density at radius 1 is 1.12 bits per heavy atom. The van der Waals surface area contributed by atoms with Gasteiger partial charge in [-0.15, -0.1) is 0 Å². The molecule has 1 atom stereocenters. The monoisotopic (exact) mass is 337 g/mol. The molecule has 1 heterocycles. The van der Waals surface area contributed by atoms with E-state index in [0.717, 1.165) is 35.2 Å². The van der Waals surface area contributed by atoms with Gasteiger partial charge >= 0.3 is 0 Å². The molecule has 0 spiro atoms. The van der Waals surface area contributed by atoms with E-state index in [1.807, 2.05) is 6.07 Å². The number of rotatable bonds is 4. The molecular weight excluding hydrogens is 318 g/mol. The minimum Gasteiger partial charge on any atom is -0.508 e. The molecule has 0 bridgehead atoms. The molecule has 1 unspecified atom stereocenters. The van der Waals surface area contributed by atoms with E-state index < -0.39 is 0 Å². The van der Waals surface area contributed by atoms with Gasteiger partial charge in [0, 0.05) is 10.9 Å². The van der Waals surface area contributed by atoms with Crippen LogP contribution in [0.5, 0.6) is 17.2 Å². The Bertz CT molecular complexity index is 943. The number of aromatic hydroxyl groups is 1. The highest BCUT2D eigenvalue weighted by atomic mass is 16.5. The number of hydrogen-bond donors (Lipinski definition) is 2. The van der Waals surface area contributed by atoms with E-state index in [1.54, 1.807) is 32.4 Å². The molecule has 0 saturated heterocycles. The Balaban J connectivity index is 1.72. The van der Waals surface area contributed by atoms with Crippen LogP contribution < -0.4 is 14.8 Å². The predicted molar refractivity (Wildman–Crippen MR) is 95.4 cm³/mol. The zero-order valence-corrected chi connectivity index (χ0v) is 14.1. The standard InChI is InChI=1S/C19H19N3O3/c1-24-17-8-5-12-13(18(17)25-2)4-7-16(12)22-19-14-9-11(23)3-6-15(14)20-10-21-19/h3,5-6,8-10,16,23H,4,7H2,1-2H3,(H,20,21,22). The Labute approximate surface area is 145 Å². The third-order valence-electron chi connectivity index (χ3n) is 4.67. The molecule has 2 aromatic carbocycles. The second-order valence-corrected chi connectivity index (χ2v) is 6.03. The highest BCUT2D eigenvalue weighted by Crippen LogP contribution is 2.43. The second kappa shape index (κ2) is 6.12. The van der Waals surface area contributed by atoms with Crippen molar-refractivity contribution in [3.63, 3.8) is 0 Å². The minimum absolute atomic E-state index is 0.121. The van der Waals surface area contributed by atoms with Gasteiger partial charge in [-0.3, -0.25) is 0 Å². The second-order valence-electron chi connectivity index (χ2n) is 6.03. The number of aromatic nitrogens is 2. The van der Waals surface area contributed by atoms with E-state index in [1.165, 1.54) is 17.5 Å². The smallest absolute Gasteiger partial charge is 0.164 e. The molecule has 0 aliphatic heterocycles. The van der Waals surface area contributed by atoms with Crippen LogP contribution in [0.1, 0.15) is 23.6 Å². The molecule has 4 rings (SSSR count). The lowest BCUT2D eigenvalue weighted by molar-refractivity contribution is 0.352. The molecule has 1 aliphatic carbocycles. The summed E-state index contributed by atoms with van der Waals surface area (Å²) < 4.78 is 10.9. The minimum atomic E-state index is 0.121. The summed E-state index contributed by atoms with van der Waals surface area (Å²) in [5.74, 6) is 2.46. The summed E-state index contributed by atoms with van der Waals surface area (Å²) in [4.78, 5) is 8.62. The SMILES string of the molecule is COc1ccc2c(c1OC)CCC2Nc1ncnc2ccc(O)cc12. The number of fused-ring (bicyclic) bond motifs is 2. The van der Waals surface area contributed by atoms with Crippen LogP contribution >= 0.6 is 0 Å². The van der Waals surface area contributed by atoms with E-state index in [-0.39, 0.29) is 11.8 Å². The molecule has 128 valence electrons. The van der Waals surface area contributed by atoms with Gasteiger partial charge < -0.3 is 19.9 Å². The summed E-state index contributed by atoms with van der Waals surface area (Å²) >= 11 is 0. The lowest BCUT2D eigenvalue weighted by atomic mass is 10.1. The fourth-order valence-electron chi connectivity index (χ4n) is 3.51. The summed E-state index contributed by atoms with van der Waals surface area (Å²) in [6.45, 7) is 0. The Kier molecular flexibility index (Phi) is 3.80. The number of nitrogens with zero attached hydrogens (tertiary/aromatic N) is 2. The van der Waals surface area contributed by atoms with Crippen molar-refractivity contribution in [1.82, 2.24) is 9.97 Å². The zero-order chi connectivity index (χ0) is 17.4. The molecule has 0 fully saturated rings. The Hall–Kier alpha value is -3.02. The Morgan fingerprint density at radius 3 is 2.80 bits per heavy atom. The number of phenolic OH excluding ortho intramolecular Hbond substituents is 1. The molecule has 3 aromatic rings. The summed E-state index contributed by atoms with van der Waals surface area (Å²) in [7, 11) is 3.31. The van der Waals surface area contributed by atoms with Crippen molar-refractivity contribution >= 4 is 16.7 Å². The van der Waals surface area contributed by atoms with Gasteiger partial charge in [0.05, 0.1) is 25.8 Å². The Morgan fingerprint density at radius 2 is 2.00 bits per heavy atom. The number of phenols is 1. The van der Waals surface area contributed by atoms with E-state index in [0.29, 0.717) is 5.82 Å². The molecular formula is C19H19N3O3. The summed E-state index contributed by atoms with van der Waals surface area (Å²) in [6, 6.07) is 9.22. The third-order valence-corrected chi connectivity index (χ3v) is 4.67. The van der Waals surface area contributed by atoms with E-state index in [4.69, 9.17) is 9.47 Å². The molecule has 1 aromatic heterocycles. The van der Waals surface area contributed by atoms with Crippen molar-refractivity contribution in [2.75, 3.05) is 19.5 Å². The maximum atomic E-state index is 9.79. The van der Waals surface area contributed by atoms with Crippen molar-refractivity contribution in [2.45, 2.75) is 18.9 Å². The van der Waals surface area contributed by atoms with Crippen LogP contribution in [0.25, 0.3) is 10.9 Å². The summed E-state index contributed by atoms with van der Waals surface area (Å²) in [6.07, 6.45) is 3.37. The number of methoxy groups -OCH3 is 2. The van der Waals surface area contributed by atoms with Gasteiger partial charge in [0.1, 0.15) is 17.9 Å². The van der Waals surface area contributed by atoms with Gasteiger partial charge in [-0.2, -0.15) is 0 Å². The van der Waals surface area contributed by atoms with Crippen LogP contribution in [0.3, 0.4) is 0 Å². The van der Waals surface area contributed by atoms with E-state index >= 15 is 0 Å². The normalized spacial score (nSPS) is 15.8. The van der Waals surface area contributed by atoms with Gasteiger partial charge in [-0.05, 0) is 42.7 Å². The van der Waals surface area contributed by atoms with Crippen LogP contribution in [0, 0.1) is 0 Å². The van der Waals surface area contributed by atoms with Crippen LogP contribution in [-0.4, -0.2) is 29.3 Å². The largest absolute Gasteiger partial charge is 0.508 e. The van der Waals surface area contributed by atoms with E-state index in [2.05, 4.69) is 21.4 Å². The van der Waals surface area contributed by atoms with Crippen LogP contribution in [0.2, 0.25) is 0 Å². The molecule has 6 heteroatoms. The summed E-state index contributed by atoms with van der Waals surface area (Å²) in [5.41, 5.74) is 3.14. The number of anilines is 1. The van der Waals surface area contributed by atoms with Crippen LogP contribution in [0.4, 0.5) is 5.82 Å². The first kappa shape index (κ1) is 15.5. The van der Waals surface area contributed by atoms with Gasteiger partial charge in [0.2, 0.25) is 0 Å². The average Bonchev–Trinajstić information content (AvgIpc) is 3.04. The van der Waals surface area contributed by atoms with Gasteiger partial charge in [0.15, 0.2) is 11.5 Å². The van der Waals surface area contributed by atoms with Crippen molar-refractivity contribution in [3.8, 4) is 17.2 Å². The summed E-state index contributed by atoms with van der Waals surface area (Å²) in [5, 5.41) is 14.1. The molecule has 0 amide bonds. The molecule has 6 nitrogen and oxygen atoms in total. The van der Waals surface area contributed by atoms with Gasteiger partial charge in [-0.1, -0.05) is 6.07 Å². The number of benzene rings is 2. The highest BCUT2D eigenvalue weighted by molar-refractivity contribution is 5.90. The molecule has 0 radical (unpaired) electrons. The van der Waals surface area contributed by atoms with Crippen molar-refractivity contribution in [1.29, 1.82) is 0 Å². The first-order chi connectivity index (χ1) is 12.2. The molecule has 25 heavy (non-hydrogen) atoms. The van der Waals surface area contributed by atoms with E-state index in [9.17, 15) is 5.11 Å². The molecule has 0 saturated carbocycles. The van der Waals surface area contributed by atoms with Crippen molar-refractivity contribution < 1.29 is 14.6 Å². The average molecular weight is 337 g/mol. The molecule has 2 N–H and O–H groups in total. The van der Waals surface area contributed by atoms with Crippen LogP contribution in [-0.2, 0) is 6.42 Å². The van der Waals surface area contributed by atoms with Gasteiger partial charge in [-0.25, -0.2) is 9.97 Å². The highest BCUT2D eigenvalue weighted by Gasteiger charge is 2.28. The maximum absolute atomic E-state index is 9.79. The lowest BCUT2D eigenvalue weighted by Gasteiger charge is -2.17. The number of ether oxygens (including phenoxy) is 2. The van der Waals surface area contributed by atoms with Crippen molar-refractivity contribution in [3.05, 3.63) is 47.8 Å². The fraction of sp³-hybridized carbons (Fsp3) is 0.263. The number of hydrogen-bond acceptors (Lipinski definition) is 6. The quantitative estimate of drug-likeness (QED) is 0.759. The third kappa shape index (κ3) is 2.59. The number of nitrogens with one attached hydrogen (secondary N) is 1. The molecule has 1 aliphatic rings. The first-order valence-electron chi connectivity index (χ1n) is 8.15. The first-order valence-corrected chi connectivity index (χ1v) is 8.15.